The van der Waals surface area contributed by atoms with Crippen molar-refractivity contribution in [3.05, 3.63) is 35.4 Å². The van der Waals surface area contributed by atoms with Gasteiger partial charge in [0.2, 0.25) is 11.5 Å². The monoisotopic (exact) mass is 478 g/mol. The number of ether oxygens (including phenoxy) is 6. The first-order valence-corrected chi connectivity index (χ1v) is 11.3. The summed E-state index contributed by atoms with van der Waals surface area (Å²) in [5.41, 5.74) is 1.97. The van der Waals surface area contributed by atoms with E-state index in [4.69, 9.17) is 28.4 Å². The van der Waals surface area contributed by atoms with Crippen LogP contribution in [0.1, 0.15) is 24.0 Å². The van der Waals surface area contributed by atoms with Crippen LogP contribution in [-0.4, -0.2) is 66.1 Å². The lowest BCUT2D eigenvalue weighted by atomic mass is 9.80. The molecule has 0 aliphatic carbocycles. The molecule has 0 aromatic heterocycles. The molecule has 0 radical (unpaired) electrons. The molecule has 0 amide bonds. The standard InChI is InChI=1S/C26H38O8/c1-29-21-12-17(13-22(30-2)25(21)33-5)10-19(8-7-9-27)20(16-28)11-18-14-23(31-3)26(34-6)24(15-18)32-4/h12-15,19-20,27-28H,7-11,16H2,1-6H3/t19-,20+/m0/s1. The molecule has 2 N–H and O–H groups in total. The van der Waals surface area contributed by atoms with Crippen molar-refractivity contribution in [1.29, 1.82) is 0 Å². The molecular weight excluding hydrogens is 440 g/mol. The fourth-order valence-electron chi connectivity index (χ4n) is 4.35. The van der Waals surface area contributed by atoms with Gasteiger partial charge in [-0.2, -0.15) is 0 Å². The fraction of sp³-hybridized carbons (Fsp3) is 0.538. The van der Waals surface area contributed by atoms with Crippen LogP contribution in [0, 0.1) is 11.8 Å². The SMILES string of the molecule is COc1cc(C[C@H](CO)[C@@H](CCCO)Cc2cc(OC)c(OC)c(OC)c2)cc(OC)c1OC. The first-order valence-electron chi connectivity index (χ1n) is 11.3. The van der Waals surface area contributed by atoms with E-state index < -0.39 is 0 Å². The van der Waals surface area contributed by atoms with Crippen LogP contribution in [0.25, 0.3) is 0 Å². The van der Waals surface area contributed by atoms with Crippen molar-refractivity contribution >= 4 is 0 Å². The van der Waals surface area contributed by atoms with E-state index in [1.165, 1.54) is 0 Å². The minimum Gasteiger partial charge on any atom is -0.493 e. The summed E-state index contributed by atoms with van der Waals surface area (Å²) >= 11 is 0. The second-order valence-corrected chi connectivity index (χ2v) is 8.04. The maximum atomic E-state index is 10.4. The first-order chi connectivity index (χ1) is 16.5. The minimum atomic E-state index is -0.0616. The molecule has 0 fully saturated rings. The molecule has 0 saturated heterocycles. The molecule has 0 unspecified atom stereocenters. The Morgan fingerprint density at radius 3 is 1.26 bits per heavy atom. The fourth-order valence-corrected chi connectivity index (χ4v) is 4.35. The van der Waals surface area contributed by atoms with Gasteiger partial charge in [0, 0.05) is 13.2 Å². The van der Waals surface area contributed by atoms with Gasteiger partial charge in [0.15, 0.2) is 23.0 Å². The van der Waals surface area contributed by atoms with Gasteiger partial charge in [0.1, 0.15) is 0 Å². The molecule has 2 aromatic carbocycles. The van der Waals surface area contributed by atoms with E-state index in [0.29, 0.717) is 53.8 Å². The number of hydrogen-bond donors (Lipinski definition) is 2. The molecule has 190 valence electrons. The normalized spacial score (nSPS) is 12.6. The van der Waals surface area contributed by atoms with Gasteiger partial charge >= 0.3 is 0 Å². The molecule has 0 aliphatic rings. The molecular formula is C26H38O8. The second kappa shape index (κ2) is 13.8. The second-order valence-electron chi connectivity index (χ2n) is 8.04. The molecule has 0 spiro atoms. The zero-order valence-corrected chi connectivity index (χ0v) is 21.1. The quantitative estimate of drug-likeness (QED) is 0.402. The van der Waals surface area contributed by atoms with E-state index >= 15 is 0 Å². The van der Waals surface area contributed by atoms with Crippen LogP contribution in [-0.2, 0) is 12.8 Å². The molecule has 2 rings (SSSR count). The third-order valence-corrected chi connectivity index (χ3v) is 6.08. The van der Waals surface area contributed by atoms with Crippen molar-refractivity contribution < 1.29 is 38.6 Å². The highest BCUT2D eigenvalue weighted by Crippen LogP contribution is 2.41. The van der Waals surface area contributed by atoms with E-state index in [0.717, 1.165) is 17.5 Å². The summed E-state index contributed by atoms with van der Waals surface area (Å²) in [6.07, 6.45) is 2.67. The Morgan fingerprint density at radius 1 is 0.588 bits per heavy atom. The molecule has 2 atom stereocenters. The van der Waals surface area contributed by atoms with E-state index in [1.807, 2.05) is 24.3 Å². The zero-order valence-electron chi connectivity index (χ0n) is 21.1. The Kier molecular flexibility index (Phi) is 11.1. The average Bonchev–Trinajstić information content (AvgIpc) is 2.88. The zero-order chi connectivity index (χ0) is 25.1. The highest BCUT2D eigenvalue weighted by Gasteiger charge is 2.25. The number of rotatable bonds is 15. The van der Waals surface area contributed by atoms with E-state index in [9.17, 15) is 10.2 Å². The first kappa shape index (κ1) is 27.4. The molecule has 0 heterocycles. The number of hydrogen-bond acceptors (Lipinski definition) is 8. The summed E-state index contributed by atoms with van der Waals surface area (Å²) in [5, 5.41) is 19.8. The van der Waals surface area contributed by atoms with Crippen LogP contribution >= 0.6 is 0 Å². The highest BCUT2D eigenvalue weighted by molar-refractivity contribution is 5.55. The van der Waals surface area contributed by atoms with Gasteiger partial charge in [0.05, 0.1) is 42.7 Å². The van der Waals surface area contributed by atoms with Crippen molar-refractivity contribution in [2.75, 3.05) is 55.9 Å². The predicted molar refractivity (Wildman–Crippen MR) is 130 cm³/mol. The van der Waals surface area contributed by atoms with Crippen LogP contribution in [0.2, 0.25) is 0 Å². The maximum absolute atomic E-state index is 10.4. The van der Waals surface area contributed by atoms with E-state index in [2.05, 4.69) is 0 Å². The maximum Gasteiger partial charge on any atom is 0.203 e. The summed E-state index contributed by atoms with van der Waals surface area (Å²) in [6.45, 7) is 0.0886. The Hall–Kier alpha value is -2.84. The van der Waals surface area contributed by atoms with Gasteiger partial charge in [0.25, 0.3) is 0 Å². The van der Waals surface area contributed by atoms with Crippen LogP contribution < -0.4 is 28.4 Å². The van der Waals surface area contributed by atoms with Gasteiger partial charge in [-0.05, 0) is 72.9 Å². The largest absolute Gasteiger partial charge is 0.493 e. The van der Waals surface area contributed by atoms with Crippen molar-refractivity contribution in [1.82, 2.24) is 0 Å². The number of benzene rings is 2. The third-order valence-electron chi connectivity index (χ3n) is 6.08. The van der Waals surface area contributed by atoms with Crippen LogP contribution in [0.15, 0.2) is 24.3 Å². The van der Waals surface area contributed by atoms with E-state index in [1.54, 1.807) is 42.7 Å². The molecule has 2 aromatic rings. The molecule has 0 aliphatic heterocycles. The third kappa shape index (κ3) is 6.61. The lowest BCUT2D eigenvalue weighted by Crippen LogP contribution is -2.24. The van der Waals surface area contributed by atoms with Crippen molar-refractivity contribution in [3.63, 3.8) is 0 Å². The minimum absolute atomic E-state index is 0.00280. The van der Waals surface area contributed by atoms with E-state index in [-0.39, 0.29) is 25.0 Å². The number of aliphatic hydroxyl groups is 2. The van der Waals surface area contributed by atoms with Gasteiger partial charge < -0.3 is 38.6 Å². The van der Waals surface area contributed by atoms with Crippen molar-refractivity contribution in [2.24, 2.45) is 11.8 Å². The number of aliphatic hydroxyl groups excluding tert-OH is 2. The van der Waals surface area contributed by atoms with Crippen molar-refractivity contribution in [3.8, 4) is 34.5 Å². The van der Waals surface area contributed by atoms with Gasteiger partial charge in [-0.15, -0.1) is 0 Å². The summed E-state index contributed by atoms with van der Waals surface area (Å²) in [4.78, 5) is 0. The van der Waals surface area contributed by atoms with Crippen LogP contribution in [0.3, 0.4) is 0 Å². The molecule has 8 heteroatoms. The Balaban J connectivity index is 2.38. The van der Waals surface area contributed by atoms with Crippen LogP contribution in [0.4, 0.5) is 0 Å². The van der Waals surface area contributed by atoms with Gasteiger partial charge in [-0.1, -0.05) is 0 Å². The van der Waals surface area contributed by atoms with Gasteiger partial charge in [-0.3, -0.25) is 0 Å². The molecule has 0 bridgehead atoms. The Labute approximate surface area is 202 Å². The topological polar surface area (TPSA) is 95.8 Å². The Morgan fingerprint density at radius 2 is 0.971 bits per heavy atom. The molecule has 0 saturated carbocycles. The molecule has 34 heavy (non-hydrogen) atoms. The average molecular weight is 479 g/mol. The summed E-state index contributed by atoms with van der Waals surface area (Å²) in [6, 6.07) is 7.68. The lowest BCUT2D eigenvalue weighted by Gasteiger charge is -2.27. The Bertz CT molecular complexity index is 848. The summed E-state index contributed by atoms with van der Waals surface area (Å²) < 4.78 is 32.8. The highest BCUT2D eigenvalue weighted by atomic mass is 16.5. The smallest absolute Gasteiger partial charge is 0.203 e. The summed E-state index contributed by atoms with van der Waals surface area (Å²) in [7, 11) is 9.48. The van der Waals surface area contributed by atoms with Crippen molar-refractivity contribution in [2.45, 2.75) is 25.7 Å². The number of methoxy groups -OCH3 is 6. The van der Waals surface area contributed by atoms with Gasteiger partial charge in [-0.25, -0.2) is 0 Å². The summed E-state index contributed by atoms with van der Waals surface area (Å²) in [5.74, 6) is 3.42. The van der Waals surface area contributed by atoms with Crippen LogP contribution in [0.5, 0.6) is 34.5 Å². The lowest BCUT2D eigenvalue weighted by molar-refractivity contribution is 0.158. The predicted octanol–water partition coefficient (Wildman–Crippen LogP) is 3.52. The molecule has 8 nitrogen and oxygen atoms in total.